The number of hydrogen-bond donors (Lipinski definition) is 2. The molecular formula is C33H28Cl2N2O4. The lowest BCUT2D eigenvalue weighted by Gasteiger charge is -2.20. The monoisotopic (exact) mass is 586 g/mol. The van der Waals surface area contributed by atoms with Crippen molar-refractivity contribution in [3.8, 4) is 28.3 Å². The Hall–Kier alpha value is -4.13. The maximum absolute atomic E-state index is 13.5. The Morgan fingerprint density at radius 2 is 1.78 bits per heavy atom. The number of carbonyl (C=O) groups is 2. The lowest BCUT2D eigenvalue weighted by Crippen LogP contribution is -2.11. The van der Waals surface area contributed by atoms with Crippen LogP contribution in [0, 0.1) is 0 Å². The van der Waals surface area contributed by atoms with E-state index in [9.17, 15) is 14.7 Å². The van der Waals surface area contributed by atoms with Gasteiger partial charge in [0.1, 0.15) is 11.6 Å². The predicted octanol–water partition coefficient (Wildman–Crippen LogP) is 9.07. The summed E-state index contributed by atoms with van der Waals surface area (Å²) in [5.41, 5.74) is 4.43. The first-order valence-electron chi connectivity index (χ1n) is 13.3. The molecule has 5 rings (SSSR count). The highest BCUT2D eigenvalue weighted by Crippen LogP contribution is 2.40. The standard InChI is InChI=1S/C33H28Cl2N2O4/c1-3-7-19(22-15-13-21(34)18-30(22)41-2)17-29(38)20-12-14-23(25(16-20)33(39)40)31-24(8-6-9-26(31)35)32-36-27-10-4-5-11-28(27)37-32/h4-6,8-16,18-19H,3,7,17H2,1-2H3,(H,36,37)(H,39,40). The van der Waals surface area contributed by atoms with Gasteiger partial charge in [-0.25, -0.2) is 9.78 Å². The van der Waals surface area contributed by atoms with E-state index >= 15 is 0 Å². The van der Waals surface area contributed by atoms with Gasteiger partial charge >= 0.3 is 5.97 Å². The second-order valence-corrected chi connectivity index (χ2v) is 10.7. The van der Waals surface area contributed by atoms with Crippen molar-refractivity contribution in [3.63, 3.8) is 0 Å². The molecule has 0 aliphatic heterocycles. The molecular weight excluding hydrogens is 559 g/mol. The van der Waals surface area contributed by atoms with Crippen molar-refractivity contribution in [1.82, 2.24) is 9.97 Å². The number of aromatic amines is 1. The summed E-state index contributed by atoms with van der Waals surface area (Å²) in [6.45, 7) is 2.06. The van der Waals surface area contributed by atoms with E-state index in [1.807, 2.05) is 36.4 Å². The molecule has 1 aromatic heterocycles. The topological polar surface area (TPSA) is 92.3 Å². The smallest absolute Gasteiger partial charge is 0.336 e. The molecule has 0 saturated heterocycles. The quantitative estimate of drug-likeness (QED) is 0.159. The van der Waals surface area contributed by atoms with Crippen LogP contribution in [0.4, 0.5) is 0 Å². The van der Waals surface area contributed by atoms with Gasteiger partial charge in [0, 0.05) is 33.2 Å². The Morgan fingerprint density at radius 3 is 2.51 bits per heavy atom. The van der Waals surface area contributed by atoms with E-state index in [1.165, 1.54) is 6.07 Å². The number of aromatic nitrogens is 2. The number of carboxylic acids is 1. The number of ether oxygens (including phenoxy) is 1. The first-order valence-corrected chi connectivity index (χ1v) is 14.0. The molecule has 5 aromatic rings. The summed E-state index contributed by atoms with van der Waals surface area (Å²) in [6.07, 6.45) is 1.81. The van der Waals surface area contributed by atoms with Gasteiger partial charge in [0.05, 0.1) is 23.7 Å². The number of nitrogens with one attached hydrogen (secondary N) is 1. The van der Waals surface area contributed by atoms with Crippen LogP contribution in [-0.2, 0) is 0 Å². The number of hydrogen-bond acceptors (Lipinski definition) is 4. The zero-order valence-electron chi connectivity index (χ0n) is 22.6. The summed E-state index contributed by atoms with van der Waals surface area (Å²) >= 11 is 12.8. The molecule has 208 valence electrons. The van der Waals surface area contributed by atoms with Crippen LogP contribution in [0.1, 0.15) is 58.4 Å². The van der Waals surface area contributed by atoms with E-state index in [4.69, 9.17) is 32.9 Å². The number of methoxy groups -OCH3 is 1. The highest BCUT2D eigenvalue weighted by atomic mass is 35.5. The molecule has 0 saturated carbocycles. The molecule has 41 heavy (non-hydrogen) atoms. The van der Waals surface area contributed by atoms with Crippen LogP contribution in [-0.4, -0.2) is 33.9 Å². The van der Waals surface area contributed by atoms with Crippen molar-refractivity contribution in [2.45, 2.75) is 32.1 Å². The Labute approximate surface area is 247 Å². The van der Waals surface area contributed by atoms with Crippen LogP contribution in [0.3, 0.4) is 0 Å². The zero-order valence-corrected chi connectivity index (χ0v) is 24.1. The number of aromatic carboxylic acids is 1. The van der Waals surface area contributed by atoms with E-state index in [1.54, 1.807) is 43.5 Å². The number of halogens is 2. The van der Waals surface area contributed by atoms with Crippen molar-refractivity contribution in [3.05, 3.63) is 106 Å². The van der Waals surface area contributed by atoms with Crippen molar-refractivity contribution in [1.29, 1.82) is 0 Å². The van der Waals surface area contributed by atoms with E-state index < -0.39 is 5.97 Å². The average Bonchev–Trinajstić information content (AvgIpc) is 3.41. The van der Waals surface area contributed by atoms with Gasteiger partial charge in [-0.15, -0.1) is 0 Å². The van der Waals surface area contributed by atoms with Crippen molar-refractivity contribution >= 4 is 46.0 Å². The highest BCUT2D eigenvalue weighted by Gasteiger charge is 2.24. The molecule has 8 heteroatoms. The molecule has 0 aliphatic carbocycles. The SMILES string of the molecule is CCCC(CC(=O)c1ccc(-c2c(Cl)cccc2-c2nc3ccccc3[nH]2)c(C(=O)O)c1)c1ccc(Cl)cc1OC. The number of para-hydroxylation sites is 2. The Bertz CT molecular complexity index is 1730. The molecule has 0 spiro atoms. The third-order valence-electron chi connectivity index (χ3n) is 7.20. The van der Waals surface area contributed by atoms with Gasteiger partial charge in [0.25, 0.3) is 0 Å². The molecule has 1 heterocycles. The molecule has 2 N–H and O–H groups in total. The molecule has 0 radical (unpaired) electrons. The van der Waals surface area contributed by atoms with Gasteiger partial charge in [-0.3, -0.25) is 4.79 Å². The van der Waals surface area contributed by atoms with Crippen LogP contribution < -0.4 is 4.74 Å². The van der Waals surface area contributed by atoms with Crippen LogP contribution in [0.15, 0.2) is 78.9 Å². The number of nitrogens with zero attached hydrogens (tertiary/aromatic N) is 1. The lowest BCUT2D eigenvalue weighted by atomic mass is 9.86. The summed E-state index contributed by atoms with van der Waals surface area (Å²) in [7, 11) is 1.58. The number of ketones is 1. The largest absolute Gasteiger partial charge is 0.496 e. The Kier molecular flexibility index (Phi) is 8.43. The lowest BCUT2D eigenvalue weighted by molar-refractivity contribution is 0.0697. The third-order valence-corrected chi connectivity index (χ3v) is 7.75. The summed E-state index contributed by atoms with van der Waals surface area (Å²) < 4.78 is 5.54. The van der Waals surface area contributed by atoms with Gasteiger partial charge in [0.15, 0.2) is 5.78 Å². The minimum absolute atomic E-state index is 0.0163. The van der Waals surface area contributed by atoms with Gasteiger partial charge in [-0.05, 0) is 59.9 Å². The number of rotatable bonds is 10. The van der Waals surface area contributed by atoms with Gasteiger partial charge in [0.2, 0.25) is 0 Å². The molecule has 1 unspecified atom stereocenters. The number of imidazole rings is 1. The third kappa shape index (κ3) is 5.85. The molecule has 6 nitrogen and oxygen atoms in total. The molecule has 0 aliphatic rings. The maximum atomic E-state index is 13.5. The van der Waals surface area contributed by atoms with Crippen LogP contribution in [0.2, 0.25) is 10.0 Å². The number of H-pyrrole nitrogens is 1. The fourth-order valence-electron chi connectivity index (χ4n) is 5.27. The first-order chi connectivity index (χ1) is 19.8. The van der Waals surface area contributed by atoms with E-state index in [0.717, 1.165) is 29.4 Å². The van der Waals surface area contributed by atoms with E-state index in [-0.39, 0.29) is 23.7 Å². The zero-order chi connectivity index (χ0) is 29.1. The molecule has 0 bridgehead atoms. The van der Waals surface area contributed by atoms with Crippen LogP contribution >= 0.6 is 23.2 Å². The van der Waals surface area contributed by atoms with Crippen molar-refractivity contribution in [2.24, 2.45) is 0 Å². The minimum Gasteiger partial charge on any atom is -0.496 e. The van der Waals surface area contributed by atoms with Crippen LogP contribution in [0.5, 0.6) is 5.75 Å². The van der Waals surface area contributed by atoms with Crippen molar-refractivity contribution in [2.75, 3.05) is 7.11 Å². The van der Waals surface area contributed by atoms with E-state index in [2.05, 4.69) is 11.9 Å². The second-order valence-electron chi connectivity index (χ2n) is 9.83. The average molecular weight is 588 g/mol. The first kappa shape index (κ1) is 28.4. The van der Waals surface area contributed by atoms with Crippen molar-refractivity contribution < 1.29 is 19.4 Å². The maximum Gasteiger partial charge on any atom is 0.336 e. The molecule has 1 atom stereocenters. The predicted molar refractivity (Wildman–Crippen MR) is 164 cm³/mol. The van der Waals surface area contributed by atoms with Gasteiger partial charge < -0.3 is 14.8 Å². The molecule has 0 amide bonds. The number of fused-ring (bicyclic) bond motifs is 1. The second kappa shape index (κ2) is 12.2. The summed E-state index contributed by atoms with van der Waals surface area (Å²) in [4.78, 5) is 34.1. The number of benzene rings is 4. The number of carboxylic acid groups (broad SMARTS) is 1. The van der Waals surface area contributed by atoms with Gasteiger partial charge in [-0.1, -0.05) is 79.0 Å². The van der Waals surface area contributed by atoms with E-state index in [0.29, 0.717) is 43.9 Å². The summed E-state index contributed by atoms with van der Waals surface area (Å²) in [5, 5.41) is 11.2. The van der Waals surface area contributed by atoms with Crippen LogP contribution in [0.25, 0.3) is 33.5 Å². The normalized spacial score (nSPS) is 11.9. The number of Topliss-reactive ketones (excluding diaryl/α,β-unsaturated/α-hetero) is 1. The minimum atomic E-state index is -1.16. The fourth-order valence-corrected chi connectivity index (χ4v) is 5.71. The highest BCUT2D eigenvalue weighted by molar-refractivity contribution is 6.34. The summed E-state index contributed by atoms with van der Waals surface area (Å²) in [5.74, 6) is -0.238. The molecule has 0 fully saturated rings. The number of carbonyl (C=O) groups excluding carboxylic acids is 1. The Morgan fingerprint density at radius 1 is 0.976 bits per heavy atom. The van der Waals surface area contributed by atoms with Gasteiger partial charge in [-0.2, -0.15) is 0 Å². The summed E-state index contributed by atoms with van der Waals surface area (Å²) in [6, 6.07) is 23.2. The molecule has 4 aromatic carbocycles. The Balaban J connectivity index is 1.54. The fraction of sp³-hybridized carbons (Fsp3) is 0.182.